The van der Waals surface area contributed by atoms with Crippen molar-refractivity contribution in [1.82, 2.24) is 24.5 Å². The second-order valence-electron chi connectivity index (χ2n) is 8.07. The van der Waals surface area contributed by atoms with Gasteiger partial charge in [-0.15, -0.1) is 0 Å². The van der Waals surface area contributed by atoms with Crippen LogP contribution in [-0.4, -0.2) is 30.5 Å². The van der Waals surface area contributed by atoms with Crippen LogP contribution in [0.3, 0.4) is 0 Å². The molecule has 0 atom stereocenters. The monoisotopic (exact) mass is 436 g/mol. The van der Waals surface area contributed by atoms with Crippen LogP contribution >= 0.6 is 0 Å². The average Bonchev–Trinajstić information content (AvgIpc) is 3.39. The molecule has 2 aromatic carbocycles. The van der Waals surface area contributed by atoms with Gasteiger partial charge >= 0.3 is 0 Å². The van der Waals surface area contributed by atoms with Crippen molar-refractivity contribution in [3.8, 4) is 11.1 Å². The van der Waals surface area contributed by atoms with Crippen molar-refractivity contribution in [1.29, 1.82) is 0 Å². The lowest BCUT2D eigenvalue weighted by Gasteiger charge is -2.06. The molecule has 164 valence electrons. The first-order valence-corrected chi connectivity index (χ1v) is 10.8. The van der Waals surface area contributed by atoms with Gasteiger partial charge in [0.05, 0.1) is 24.1 Å². The molecule has 0 spiro atoms. The lowest BCUT2D eigenvalue weighted by atomic mass is 10.0. The largest absolute Gasteiger partial charge is 0.322 e. The number of nitrogens with zero attached hydrogens (tertiary/aromatic N) is 5. The third-order valence-electron chi connectivity index (χ3n) is 5.70. The van der Waals surface area contributed by atoms with Gasteiger partial charge in [0.2, 0.25) is 5.91 Å². The van der Waals surface area contributed by atoms with Gasteiger partial charge in [-0.1, -0.05) is 54.6 Å². The summed E-state index contributed by atoms with van der Waals surface area (Å²) in [6, 6.07) is 20.3. The minimum atomic E-state index is -0.179. The van der Waals surface area contributed by atoms with E-state index >= 15 is 0 Å². The molecule has 0 saturated heterocycles. The zero-order chi connectivity index (χ0) is 22.8. The normalized spacial score (nSPS) is 11.1. The van der Waals surface area contributed by atoms with Gasteiger partial charge in [-0.3, -0.25) is 9.48 Å². The van der Waals surface area contributed by atoms with Crippen molar-refractivity contribution >= 4 is 22.6 Å². The van der Waals surface area contributed by atoms with Crippen LogP contribution in [0.25, 0.3) is 22.2 Å². The Labute approximate surface area is 191 Å². The van der Waals surface area contributed by atoms with Gasteiger partial charge in [-0.25, -0.2) is 9.67 Å². The van der Waals surface area contributed by atoms with Crippen molar-refractivity contribution in [2.24, 2.45) is 0 Å². The number of benzene rings is 2. The lowest BCUT2D eigenvalue weighted by molar-refractivity contribution is -0.116. The summed E-state index contributed by atoms with van der Waals surface area (Å²) in [4.78, 5) is 17.3. The first kappa shape index (κ1) is 20.6. The molecule has 5 rings (SSSR count). The molecule has 3 aromatic heterocycles. The van der Waals surface area contributed by atoms with E-state index in [-0.39, 0.29) is 12.5 Å². The van der Waals surface area contributed by atoms with Crippen LogP contribution in [0, 0.1) is 13.8 Å². The van der Waals surface area contributed by atoms with Gasteiger partial charge in [0.25, 0.3) is 0 Å². The Bertz CT molecular complexity index is 1430. The number of amides is 1. The van der Waals surface area contributed by atoms with Crippen molar-refractivity contribution in [2.75, 3.05) is 5.32 Å². The summed E-state index contributed by atoms with van der Waals surface area (Å²) in [5.41, 5.74) is 6.74. The maximum atomic E-state index is 12.8. The molecule has 0 saturated carbocycles. The smallest absolute Gasteiger partial charge is 0.246 e. The number of rotatable bonds is 6. The molecule has 3 heterocycles. The quantitative estimate of drug-likeness (QED) is 0.422. The summed E-state index contributed by atoms with van der Waals surface area (Å²) in [6.45, 7) is 4.74. The number of nitrogens with one attached hydrogen (secondary N) is 1. The fourth-order valence-corrected chi connectivity index (χ4v) is 4.06. The fourth-order valence-electron chi connectivity index (χ4n) is 4.06. The third kappa shape index (κ3) is 4.25. The highest BCUT2D eigenvalue weighted by Crippen LogP contribution is 2.29. The number of carbonyl (C=O) groups is 1. The van der Waals surface area contributed by atoms with Crippen LogP contribution < -0.4 is 5.32 Å². The van der Waals surface area contributed by atoms with Crippen molar-refractivity contribution in [3.63, 3.8) is 0 Å². The SMILES string of the molecule is Cc1ccccc1Cn1cc(NC(=O)Cn2nc(C)c3c(-c4ccccc4)ccnc32)cn1. The van der Waals surface area contributed by atoms with E-state index in [1.807, 2.05) is 54.2 Å². The molecule has 0 aliphatic carbocycles. The number of hydrogen-bond donors (Lipinski definition) is 1. The predicted molar refractivity (Wildman–Crippen MR) is 129 cm³/mol. The minimum Gasteiger partial charge on any atom is -0.322 e. The van der Waals surface area contributed by atoms with Gasteiger partial charge in [0.15, 0.2) is 5.65 Å². The summed E-state index contributed by atoms with van der Waals surface area (Å²) in [5, 5.41) is 12.9. The number of hydrogen-bond acceptors (Lipinski definition) is 4. The van der Waals surface area contributed by atoms with Crippen molar-refractivity contribution in [2.45, 2.75) is 26.9 Å². The van der Waals surface area contributed by atoms with Gasteiger partial charge < -0.3 is 5.32 Å². The van der Waals surface area contributed by atoms with E-state index in [1.54, 1.807) is 17.1 Å². The number of aromatic nitrogens is 5. The molecule has 1 N–H and O–H groups in total. The van der Waals surface area contributed by atoms with E-state index in [4.69, 9.17) is 0 Å². The number of anilines is 1. The first-order chi connectivity index (χ1) is 16.1. The Morgan fingerprint density at radius 3 is 2.61 bits per heavy atom. The van der Waals surface area contributed by atoms with Crippen LogP contribution in [0.1, 0.15) is 16.8 Å². The molecule has 33 heavy (non-hydrogen) atoms. The number of aryl methyl sites for hydroxylation is 2. The molecule has 7 heteroatoms. The third-order valence-corrected chi connectivity index (χ3v) is 5.70. The highest BCUT2D eigenvalue weighted by Gasteiger charge is 2.16. The second kappa shape index (κ2) is 8.70. The minimum absolute atomic E-state index is 0.0680. The maximum absolute atomic E-state index is 12.8. The maximum Gasteiger partial charge on any atom is 0.246 e. The highest BCUT2D eigenvalue weighted by molar-refractivity contribution is 5.96. The Morgan fingerprint density at radius 1 is 1.00 bits per heavy atom. The van der Waals surface area contributed by atoms with Crippen LogP contribution in [0.5, 0.6) is 0 Å². The summed E-state index contributed by atoms with van der Waals surface area (Å²) >= 11 is 0. The van der Waals surface area contributed by atoms with Crippen LogP contribution in [-0.2, 0) is 17.9 Å². The van der Waals surface area contributed by atoms with Crippen LogP contribution in [0.15, 0.2) is 79.3 Å². The molecule has 1 amide bonds. The van der Waals surface area contributed by atoms with Crippen LogP contribution in [0.2, 0.25) is 0 Å². The fraction of sp³-hybridized carbons (Fsp3) is 0.154. The molecule has 5 aromatic rings. The predicted octanol–water partition coefficient (Wildman–Crippen LogP) is 4.60. The second-order valence-corrected chi connectivity index (χ2v) is 8.07. The van der Waals surface area contributed by atoms with E-state index in [2.05, 4.69) is 51.7 Å². The summed E-state index contributed by atoms with van der Waals surface area (Å²) in [7, 11) is 0. The molecular weight excluding hydrogens is 412 g/mol. The van der Waals surface area contributed by atoms with E-state index < -0.39 is 0 Å². The molecule has 0 bridgehead atoms. The van der Waals surface area contributed by atoms with E-state index in [9.17, 15) is 4.79 Å². The van der Waals surface area contributed by atoms with Crippen molar-refractivity contribution in [3.05, 3.63) is 96.1 Å². The van der Waals surface area contributed by atoms with Gasteiger partial charge in [-0.2, -0.15) is 10.2 Å². The number of pyridine rings is 1. The Morgan fingerprint density at radius 2 is 1.79 bits per heavy atom. The number of fused-ring (bicyclic) bond motifs is 1. The van der Waals surface area contributed by atoms with E-state index in [0.29, 0.717) is 17.9 Å². The zero-order valence-corrected chi connectivity index (χ0v) is 18.6. The molecular formula is C26H24N6O. The zero-order valence-electron chi connectivity index (χ0n) is 18.6. The molecule has 7 nitrogen and oxygen atoms in total. The highest BCUT2D eigenvalue weighted by atomic mass is 16.2. The molecule has 0 radical (unpaired) electrons. The standard InChI is InChI=1S/C26H24N6O/c1-18-8-6-7-11-21(18)15-31-16-22(14-28-31)29-24(33)17-32-26-25(19(2)30-32)23(12-13-27-26)20-9-4-3-5-10-20/h3-14,16H,15,17H2,1-2H3,(H,29,33). The van der Waals surface area contributed by atoms with Gasteiger partial charge in [-0.05, 0) is 42.2 Å². The summed E-state index contributed by atoms with van der Waals surface area (Å²) in [5.74, 6) is -0.179. The van der Waals surface area contributed by atoms with E-state index in [0.717, 1.165) is 22.2 Å². The topological polar surface area (TPSA) is 77.6 Å². The van der Waals surface area contributed by atoms with E-state index in [1.165, 1.54) is 11.1 Å². The average molecular weight is 437 g/mol. The van der Waals surface area contributed by atoms with Crippen LogP contribution in [0.4, 0.5) is 5.69 Å². The molecule has 0 aliphatic rings. The lowest BCUT2D eigenvalue weighted by Crippen LogP contribution is -2.19. The Balaban J connectivity index is 1.33. The molecule has 0 aliphatic heterocycles. The van der Waals surface area contributed by atoms with Crippen molar-refractivity contribution < 1.29 is 4.79 Å². The number of carbonyl (C=O) groups excluding carboxylic acids is 1. The molecule has 0 unspecified atom stereocenters. The first-order valence-electron chi connectivity index (χ1n) is 10.8. The summed E-state index contributed by atoms with van der Waals surface area (Å²) in [6.07, 6.45) is 5.26. The Hall–Kier alpha value is -4.26. The summed E-state index contributed by atoms with van der Waals surface area (Å²) < 4.78 is 3.48. The van der Waals surface area contributed by atoms with Gasteiger partial charge in [0, 0.05) is 17.8 Å². The Kier molecular flexibility index (Phi) is 5.44. The molecule has 0 fully saturated rings. The van der Waals surface area contributed by atoms with Gasteiger partial charge in [0.1, 0.15) is 6.54 Å².